The van der Waals surface area contributed by atoms with E-state index in [9.17, 15) is 4.79 Å². The first-order chi connectivity index (χ1) is 8.95. The quantitative estimate of drug-likeness (QED) is 0.725. The van der Waals surface area contributed by atoms with E-state index in [0.29, 0.717) is 11.9 Å². The summed E-state index contributed by atoms with van der Waals surface area (Å²) in [5.41, 5.74) is 5.22. The highest BCUT2D eigenvalue weighted by Crippen LogP contribution is 2.18. The van der Waals surface area contributed by atoms with Crippen molar-refractivity contribution in [2.24, 2.45) is 5.73 Å². The van der Waals surface area contributed by atoms with Crippen LogP contribution in [0.15, 0.2) is 4.42 Å². The summed E-state index contributed by atoms with van der Waals surface area (Å²) in [5, 5.41) is 11.3. The summed E-state index contributed by atoms with van der Waals surface area (Å²) in [4.78, 5) is 12.7. The predicted molar refractivity (Wildman–Crippen MR) is 72.7 cm³/mol. The van der Waals surface area contributed by atoms with Crippen LogP contribution in [0.2, 0.25) is 0 Å². The molecule has 19 heavy (non-hydrogen) atoms. The van der Waals surface area contributed by atoms with E-state index in [2.05, 4.69) is 22.4 Å². The van der Waals surface area contributed by atoms with Crippen LogP contribution < -0.4 is 16.0 Å². The first-order valence-electron chi connectivity index (χ1n) is 6.57. The first kappa shape index (κ1) is 15.4. The third kappa shape index (κ3) is 4.51. The molecule has 0 radical (unpaired) electrons. The molecule has 1 unspecified atom stereocenters. The second-order valence-electron chi connectivity index (χ2n) is 4.79. The summed E-state index contributed by atoms with van der Waals surface area (Å²) in [6.45, 7) is 8.87. The molecule has 0 spiro atoms. The fourth-order valence-electron chi connectivity index (χ4n) is 1.60. The van der Waals surface area contributed by atoms with Gasteiger partial charge in [-0.25, -0.2) is 0 Å². The van der Waals surface area contributed by atoms with Crippen LogP contribution >= 0.6 is 0 Å². The minimum atomic E-state index is -0.425. The molecule has 1 heterocycles. The molecule has 3 N–H and O–H groups in total. The number of nitrogens with zero attached hydrogens (tertiary/aromatic N) is 3. The Kier molecular flexibility index (Phi) is 5.75. The number of carbonyl (C=O) groups is 1. The summed E-state index contributed by atoms with van der Waals surface area (Å²) in [6, 6.07) is 0.373. The molecule has 1 amide bonds. The van der Waals surface area contributed by atoms with E-state index >= 15 is 0 Å². The number of hydrogen-bond acceptors (Lipinski definition) is 6. The van der Waals surface area contributed by atoms with Gasteiger partial charge in [-0.2, -0.15) is 0 Å². The number of aromatic nitrogens is 2. The van der Waals surface area contributed by atoms with Crippen LogP contribution in [0.25, 0.3) is 0 Å². The molecule has 7 nitrogen and oxygen atoms in total. The maximum Gasteiger partial charge on any atom is 0.318 e. The van der Waals surface area contributed by atoms with Gasteiger partial charge in [0.2, 0.25) is 11.8 Å². The standard InChI is InChI=1S/C12H23N5O2/c1-5-6-14-9(4)11-15-16-12(19-11)17(8(2)3)7-10(13)18/h8-9,14H,5-7H2,1-4H3,(H2,13,18). The van der Waals surface area contributed by atoms with E-state index < -0.39 is 5.91 Å². The van der Waals surface area contributed by atoms with Crippen LogP contribution in [0.3, 0.4) is 0 Å². The zero-order valence-electron chi connectivity index (χ0n) is 12.0. The monoisotopic (exact) mass is 269 g/mol. The minimum absolute atomic E-state index is 0.0104. The number of rotatable bonds is 8. The molecule has 1 atom stereocenters. The first-order valence-corrected chi connectivity index (χ1v) is 6.57. The summed E-state index contributed by atoms with van der Waals surface area (Å²) >= 11 is 0. The van der Waals surface area contributed by atoms with Gasteiger partial charge in [-0.05, 0) is 33.7 Å². The van der Waals surface area contributed by atoms with Gasteiger partial charge in [0, 0.05) is 6.04 Å². The molecular weight excluding hydrogens is 246 g/mol. The van der Waals surface area contributed by atoms with E-state index in [-0.39, 0.29) is 18.6 Å². The Balaban J connectivity index is 2.77. The largest absolute Gasteiger partial charge is 0.406 e. The van der Waals surface area contributed by atoms with Crippen molar-refractivity contribution < 1.29 is 9.21 Å². The Morgan fingerprint density at radius 3 is 2.63 bits per heavy atom. The molecule has 1 aromatic rings. The SMILES string of the molecule is CCCNC(C)c1nnc(N(CC(N)=O)C(C)C)o1. The lowest BCUT2D eigenvalue weighted by atomic mass is 10.3. The summed E-state index contributed by atoms with van der Waals surface area (Å²) in [6.07, 6.45) is 1.03. The molecule has 0 aliphatic carbocycles. The topological polar surface area (TPSA) is 97.3 Å². The number of amides is 1. The number of carbonyl (C=O) groups excluding carboxylic acids is 1. The molecule has 0 saturated carbocycles. The molecule has 1 rings (SSSR count). The second kappa shape index (κ2) is 7.08. The van der Waals surface area contributed by atoms with E-state index in [1.807, 2.05) is 20.8 Å². The molecule has 0 aliphatic heterocycles. The Bertz CT molecular complexity index is 405. The Morgan fingerprint density at radius 2 is 2.11 bits per heavy atom. The number of anilines is 1. The highest BCUT2D eigenvalue weighted by Gasteiger charge is 2.21. The third-order valence-electron chi connectivity index (χ3n) is 2.70. The van der Waals surface area contributed by atoms with Crippen molar-refractivity contribution in [1.29, 1.82) is 0 Å². The van der Waals surface area contributed by atoms with Gasteiger partial charge in [0.15, 0.2) is 0 Å². The van der Waals surface area contributed by atoms with Gasteiger partial charge in [0.25, 0.3) is 0 Å². The lowest BCUT2D eigenvalue weighted by Gasteiger charge is -2.22. The van der Waals surface area contributed by atoms with Crippen molar-refractivity contribution in [2.45, 2.75) is 46.2 Å². The zero-order chi connectivity index (χ0) is 14.4. The van der Waals surface area contributed by atoms with Gasteiger partial charge in [-0.15, -0.1) is 5.10 Å². The molecule has 0 bridgehead atoms. The maximum atomic E-state index is 11.0. The number of nitrogens with one attached hydrogen (secondary N) is 1. The smallest absolute Gasteiger partial charge is 0.318 e. The Labute approximate surface area is 113 Å². The fraction of sp³-hybridized carbons (Fsp3) is 0.750. The second-order valence-corrected chi connectivity index (χ2v) is 4.79. The molecule has 7 heteroatoms. The molecule has 0 fully saturated rings. The van der Waals surface area contributed by atoms with E-state index in [0.717, 1.165) is 13.0 Å². The molecule has 108 valence electrons. The van der Waals surface area contributed by atoms with Crippen LogP contribution in [0.5, 0.6) is 0 Å². The van der Waals surface area contributed by atoms with Crippen molar-refractivity contribution in [3.8, 4) is 0 Å². The molecule has 0 saturated heterocycles. The Morgan fingerprint density at radius 1 is 1.42 bits per heavy atom. The van der Waals surface area contributed by atoms with Crippen LogP contribution in [0.1, 0.15) is 46.0 Å². The maximum absolute atomic E-state index is 11.0. The van der Waals surface area contributed by atoms with Gasteiger partial charge < -0.3 is 20.4 Å². The van der Waals surface area contributed by atoms with Crippen molar-refractivity contribution in [1.82, 2.24) is 15.5 Å². The van der Waals surface area contributed by atoms with Crippen molar-refractivity contribution in [3.05, 3.63) is 5.89 Å². The summed E-state index contributed by atoms with van der Waals surface area (Å²) in [5.74, 6) is 0.0872. The highest BCUT2D eigenvalue weighted by atomic mass is 16.4. The van der Waals surface area contributed by atoms with Crippen molar-refractivity contribution >= 4 is 11.9 Å². The molecule has 1 aromatic heterocycles. The summed E-state index contributed by atoms with van der Waals surface area (Å²) in [7, 11) is 0. The number of nitrogens with two attached hydrogens (primary N) is 1. The average molecular weight is 269 g/mol. The van der Waals surface area contributed by atoms with Gasteiger partial charge in [0.1, 0.15) is 6.54 Å². The molecule has 0 aliphatic rings. The van der Waals surface area contributed by atoms with Gasteiger partial charge >= 0.3 is 6.01 Å². The highest BCUT2D eigenvalue weighted by molar-refractivity contribution is 5.78. The molecular formula is C12H23N5O2. The lowest BCUT2D eigenvalue weighted by Crippen LogP contribution is -2.38. The average Bonchev–Trinajstić information content (AvgIpc) is 2.81. The third-order valence-corrected chi connectivity index (χ3v) is 2.70. The van der Waals surface area contributed by atoms with Gasteiger partial charge in [-0.3, -0.25) is 4.79 Å². The van der Waals surface area contributed by atoms with Crippen LogP contribution in [0.4, 0.5) is 6.01 Å². The van der Waals surface area contributed by atoms with E-state index in [1.165, 1.54) is 0 Å². The predicted octanol–water partition coefficient (Wildman–Crippen LogP) is 0.830. The van der Waals surface area contributed by atoms with Gasteiger partial charge in [-0.1, -0.05) is 12.0 Å². The summed E-state index contributed by atoms with van der Waals surface area (Å²) < 4.78 is 5.60. The van der Waals surface area contributed by atoms with Crippen molar-refractivity contribution in [2.75, 3.05) is 18.0 Å². The van der Waals surface area contributed by atoms with E-state index in [4.69, 9.17) is 10.2 Å². The van der Waals surface area contributed by atoms with Crippen molar-refractivity contribution in [3.63, 3.8) is 0 Å². The number of primary amides is 1. The minimum Gasteiger partial charge on any atom is -0.406 e. The normalized spacial score (nSPS) is 12.7. The fourth-order valence-corrected chi connectivity index (χ4v) is 1.60. The van der Waals surface area contributed by atoms with E-state index in [1.54, 1.807) is 4.90 Å². The number of hydrogen-bond donors (Lipinski definition) is 2. The van der Waals surface area contributed by atoms with Gasteiger partial charge in [0.05, 0.1) is 6.04 Å². The van der Waals surface area contributed by atoms with Crippen LogP contribution in [0, 0.1) is 0 Å². The lowest BCUT2D eigenvalue weighted by molar-refractivity contribution is -0.116. The molecule has 0 aromatic carbocycles. The zero-order valence-corrected chi connectivity index (χ0v) is 12.0. The van der Waals surface area contributed by atoms with Crippen LogP contribution in [-0.2, 0) is 4.79 Å². The van der Waals surface area contributed by atoms with Crippen LogP contribution in [-0.4, -0.2) is 35.2 Å². The Hall–Kier alpha value is -1.63.